The summed E-state index contributed by atoms with van der Waals surface area (Å²) < 4.78 is 5.58. The summed E-state index contributed by atoms with van der Waals surface area (Å²) in [6.45, 7) is 5.10. The minimum atomic E-state index is -1.43. The van der Waals surface area contributed by atoms with Crippen molar-refractivity contribution in [2.75, 3.05) is 0 Å². The number of carbonyl (C=O) groups is 3. The highest BCUT2D eigenvalue weighted by atomic mass is 16.5. The minimum absolute atomic E-state index is 0.0222. The summed E-state index contributed by atoms with van der Waals surface area (Å²) in [5.74, 6) is -1.99. The molecule has 0 unspecified atom stereocenters. The van der Waals surface area contributed by atoms with Gasteiger partial charge in [0.05, 0.1) is 18.1 Å². The second-order valence-corrected chi connectivity index (χ2v) is 6.63. The third-order valence-electron chi connectivity index (χ3n) is 3.79. The average Bonchev–Trinajstić information content (AvgIpc) is 2.68. The number of nitrogens with one attached hydrogen (secondary N) is 2. The first-order chi connectivity index (χ1) is 13.8. The van der Waals surface area contributed by atoms with Crippen LogP contribution in [0.4, 0.5) is 0 Å². The predicted molar refractivity (Wildman–Crippen MR) is 107 cm³/mol. The molecule has 1 atom stereocenters. The normalized spacial score (nSPS) is 12.2. The molecular weight excluding hydrogens is 372 g/mol. The number of rotatable bonds is 8. The molecule has 7 heteroatoms. The lowest BCUT2D eigenvalue weighted by Crippen LogP contribution is -2.48. The number of carbonyl (C=O) groups excluding carboxylic acids is 3. The minimum Gasteiger partial charge on any atom is -0.548 e. The van der Waals surface area contributed by atoms with Gasteiger partial charge >= 0.3 is 0 Å². The van der Waals surface area contributed by atoms with Gasteiger partial charge in [-0.25, -0.2) is 0 Å². The zero-order valence-electron chi connectivity index (χ0n) is 16.5. The molecule has 0 aliphatic carbocycles. The van der Waals surface area contributed by atoms with Crippen LogP contribution in [0.25, 0.3) is 6.08 Å². The molecule has 0 spiro atoms. The van der Waals surface area contributed by atoms with Crippen molar-refractivity contribution < 1.29 is 24.2 Å². The van der Waals surface area contributed by atoms with Crippen molar-refractivity contribution in [3.05, 3.63) is 71.4 Å². The maximum Gasteiger partial charge on any atom is 0.268 e. The molecule has 2 aromatic carbocycles. The molecule has 0 radical (unpaired) electrons. The highest BCUT2D eigenvalue weighted by Crippen LogP contribution is 2.16. The highest BCUT2D eigenvalue weighted by Gasteiger charge is 2.17. The molecule has 0 aromatic heterocycles. The molecule has 29 heavy (non-hydrogen) atoms. The third kappa shape index (κ3) is 6.80. The van der Waals surface area contributed by atoms with Crippen LogP contribution in [-0.2, 0) is 9.59 Å². The number of hydrogen-bond donors (Lipinski definition) is 2. The molecule has 0 saturated carbocycles. The molecule has 0 heterocycles. The fourth-order valence-corrected chi connectivity index (χ4v) is 2.36. The lowest BCUT2D eigenvalue weighted by Gasteiger charge is -2.17. The van der Waals surface area contributed by atoms with Crippen molar-refractivity contribution in [3.8, 4) is 5.75 Å². The van der Waals surface area contributed by atoms with Crippen LogP contribution in [0.2, 0.25) is 0 Å². The van der Waals surface area contributed by atoms with E-state index in [4.69, 9.17) is 4.74 Å². The lowest BCUT2D eigenvalue weighted by atomic mass is 10.1. The summed E-state index contributed by atoms with van der Waals surface area (Å²) in [5, 5.41) is 15.8. The van der Waals surface area contributed by atoms with E-state index in [-0.39, 0.29) is 11.8 Å². The fourth-order valence-electron chi connectivity index (χ4n) is 2.36. The van der Waals surface area contributed by atoms with Crippen LogP contribution in [-0.4, -0.2) is 29.9 Å². The molecule has 2 N–H and O–H groups in total. The Labute approximate surface area is 169 Å². The molecule has 2 amide bonds. The smallest absolute Gasteiger partial charge is 0.268 e. The Morgan fingerprint density at radius 1 is 0.966 bits per heavy atom. The van der Waals surface area contributed by atoms with Crippen LogP contribution < -0.4 is 20.5 Å². The van der Waals surface area contributed by atoms with Gasteiger partial charge in [0, 0.05) is 5.56 Å². The molecule has 0 aliphatic heterocycles. The third-order valence-corrected chi connectivity index (χ3v) is 3.79. The standard InChI is InChI=1S/C22H24N2O5/c1-14(2)29-18-11-9-16(10-12-18)13-19(21(26)23-15(3)22(27)28)24-20(25)17-7-5-4-6-8-17/h4-15H,1-3H3,(H,23,26)(H,24,25)(H,27,28)/p-1/b19-13-/t15-/m1/s1. The Balaban J connectivity index is 2.27. The van der Waals surface area contributed by atoms with Crippen LogP contribution in [0.3, 0.4) is 0 Å². The number of aliphatic carboxylic acids is 1. The second kappa shape index (κ2) is 10.1. The maximum absolute atomic E-state index is 12.5. The number of hydrogen-bond acceptors (Lipinski definition) is 5. The van der Waals surface area contributed by atoms with Crippen molar-refractivity contribution >= 4 is 23.9 Å². The van der Waals surface area contributed by atoms with E-state index in [0.29, 0.717) is 16.9 Å². The topological polar surface area (TPSA) is 108 Å². The van der Waals surface area contributed by atoms with Gasteiger partial charge in [0.2, 0.25) is 0 Å². The van der Waals surface area contributed by atoms with Crippen LogP contribution in [0.1, 0.15) is 36.7 Å². The average molecular weight is 395 g/mol. The SMILES string of the molecule is CC(C)Oc1ccc(/C=C(\NC(=O)c2ccccc2)C(=O)N[C@H](C)C(=O)[O-])cc1. The van der Waals surface area contributed by atoms with E-state index in [1.54, 1.807) is 54.6 Å². The van der Waals surface area contributed by atoms with E-state index in [1.807, 2.05) is 13.8 Å². The monoisotopic (exact) mass is 395 g/mol. The summed E-state index contributed by atoms with van der Waals surface area (Å²) in [6.07, 6.45) is 1.48. The van der Waals surface area contributed by atoms with Crippen LogP contribution in [0, 0.1) is 0 Å². The zero-order valence-corrected chi connectivity index (χ0v) is 16.5. The van der Waals surface area contributed by atoms with Crippen molar-refractivity contribution in [1.82, 2.24) is 10.6 Å². The van der Waals surface area contributed by atoms with Gasteiger partial charge < -0.3 is 25.3 Å². The quantitative estimate of drug-likeness (QED) is 0.659. The summed E-state index contributed by atoms with van der Waals surface area (Å²) in [7, 11) is 0. The largest absolute Gasteiger partial charge is 0.548 e. The van der Waals surface area contributed by atoms with Crippen LogP contribution in [0.15, 0.2) is 60.3 Å². The number of benzene rings is 2. The molecule has 2 aromatic rings. The summed E-state index contributed by atoms with van der Waals surface area (Å²) in [5.41, 5.74) is 0.894. The first-order valence-corrected chi connectivity index (χ1v) is 9.13. The van der Waals surface area contributed by atoms with Gasteiger partial charge in [-0.2, -0.15) is 0 Å². The highest BCUT2D eigenvalue weighted by molar-refractivity contribution is 6.06. The Kier molecular flexibility index (Phi) is 7.54. The number of carboxylic acid groups (broad SMARTS) is 1. The molecule has 0 aliphatic rings. The molecule has 0 fully saturated rings. The fraction of sp³-hybridized carbons (Fsp3) is 0.227. The molecule has 0 saturated heterocycles. The van der Waals surface area contributed by atoms with Crippen LogP contribution >= 0.6 is 0 Å². The van der Waals surface area contributed by atoms with E-state index < -0.39 is 23.8 Å². The van der Waals surface area contributed by atoms with E-state index in [0.717, 1.165) is 0 Å². The van der Waals surface area contributed by atoms with Gasteiger partial charge in [-0.05, 0) is 56.7 Å². The summed E-state index contributed by atoms with van der Waals surface area (Å²) >= 11 is 0. The van der Waals surface area contributed by atoms with Gasteiger partial charge in [0.1, 0.15) is 11.4 Å². The van der Waals surface area contributed by atoms with E-state index in [9.17, 15) is 19.5 Å². The van der Waals surface area contributed by atoms with Crippen molar-refractivity contribution in [2.24, 2.45) is 0 Å². The first-order valence-electron chi connectivity index (χ1n) is 9.13. The zero-order chi connectivity index (χ0) is 21.4. The van der Waals surface area contributed by atoms with Crippen molar-refractivity contribution in [1.29, 1.82) is 0 Å². The number of carboxylic acids is 1. The lowest BCUT2D eigenvalue weighted by molar-refractivity contribution is -0.307. The van der Waals surface area contributed by atoms with Gasteiger partial charge in [0.15, 0.2) is 0 Å². The van der Waals surface area contributed by atoms with Crippen LogP contribution in [0.5, 0.6) is 5.75 Å². The van der Waals surface area contributed by atoms with Crippen molar-refractivity contribution in [2.45, 2.75) is 32.9 Å². The Bertz CT molecular complexity index is 889. The van der Waals surface area contributed by atoms with E-state index in [1.165, 1.54) is 13.0 Å². The Morgan fingerprint density at radius 3 is 2.14 bits per heavy atom. The summed E-state index contributed by atoms with van der Waals surface area (Å²) in [4.78, 5) is 35.9. The van der Waals surface area contributed by atoms with E-state index in [2.05, 4.69) is 10.6 Å². The molecule has 152 valence electrons. The number of amides is 2. The Hall–Kier alpha value is -3.61. The summed E-state index contributed by atoms with van der Waals surface area (Å²) in [6, 6.07) is 14.1. The second-order valence-electron chi connectivity index (χ2n) is 6.63. The van der Waals surface area contributed by atoms with Gasteiger partial charge in [-0.3, -0.25) is 9.59 Å². The van der Waals surface area contributed by atoms with Gasteiger partial charge in [-0.1, -0.05) is 30.3 Å². The van der Waals surface area contributed by atoms with Gasteiger partial charge in [-0.15, -0.1) is 0 Å². The van der Waals surface area contributed by atoms with Crippen molar-refractivity contribution in [3.63, 3.8) is 0 Å². The molecule has 2 rings (SSSR count). The molecular formula is C22H23N2O5-. The molecule has 0 bridgehead atoms. The Morgan fingerprint density at radius 2 is 1.59 bits per heavy atom. The first kappa shape index (κ1) is 21.7. The predicted octanol–water partition coefficient (Wildman–Crippen LogP) is 1.50. The maximum atomic E-state index is 12.5. The molecule has 7 nitrogen and oxygen atoms in total. The van der Waals surface area contributed by atoms with E-state index >= 15 is 0 Å². The van der Waals surface area contributed by atoms with Gasteiger partial charge in [0.25, 0.3) is 11.8 Å². The number of ether oxygens (including phenoxy) is 1.